The van der Waals surface area contributed by atoms with Crippen molar-refractivity contribution in [2.24, 2.45) is 0 Å². The molecule has 1 saturated heterocycles. The molecule has 1 atom stereocenters. The minimum atomic E-state index is -0.906. The van der Waals surface area contributed by atoms with E-state index in [-0.39, 0.29) is 11.3 Å². The van der Waals surface area contributed by atoms with Gasteiger partial charge in [0.1, 0.15) is 12.4 Å². The predicted octanol–water partition coefficient (Wildman–Crippen LogP) is 4.13. The Labute approximate surface area is 194 Å². The Balaban J connectivity index is 1.90. The van der Waals surface area contributed by atoms with Gasteiger partial charge in [-0.2, -0.15) is 0 Å². The van der Waals surface area contributed by atoms with Crippen LogP contribution >= 0.6 is 11.3 Å². The van der Waals surface area contributed by atoms with E-state index in [1.807, 2.05) is 6.92 Å². The van der Waals surface area contributed by atoms with E-state index in [0.717, 1.165) is 0 Å². The average Bonchev–Trinajstić information content (AvgIpc) is 3.45. The largest absolute Gasteiger partial charge is 0.507 e. The molecule has 1 aromatic carbocycles. The van der Waals surface area contributed by atoms with Crippen LogP contribution in [0.1, 0.15) is 24.1 Å². The van der Waals surface area contributed by atoms with Gasteiger partial charge in [0.25, 0.3) is 5.78 Å². The number of thiazole rings is 1. The molecule has 1 aliphatic heterocycles. The van der Waals surface area contributed by atoms with Gasteiger partial charge in [0, 0.05) is 29.5 Å². The first-order valence-electron chi connectivity index (χ1n) is 10.2. The number of hydrogen-bond acceptors (Lipinski definition) is 8. The third-order valence-electron chi connectivity index (χ3n) is 4.96. The Hall–Kier alpha value is -3.98. The number of benzene rings is 1. The van der Waals surface area contributed by atoms with Gasteiger partial charge in [-0.05, 0) is 36.8 Å². The number of ether oxygens (including phenoxy) is 2. The van der Waals surface area contributed by atoms with Gasteiger partial charge in [-0.1, -0.05) is 18.7 Å². The molecule has 1 aliphatic rings. The number of amides is 1. The summed E-state index contributed by atoms with van der Waals surface area (Å²) in [5.74, 6) is -0.902. The number of carbonyl (C=O) groups excluding carboxylic acids is 2. The number of aliphatic hydroxyl groups excluding tert-OH is 1. The minimum absolute atomic E-state index is 0.0383. The van der Waals surface area contributed by atoms with Gasteiger partial charge >= 0.3 is 5.91 Å². The lowest BCUT2D eigenvalue weighted by molar-refractivity contribution is -0.132. The van der Waals surface area contributed by atoms with E-state index in [1.54, 1.807) is 48.0 Å². The third-order valence-corrected chi connectivity index (χ3v) is 5.73. The van der Waals surface area contributed by atoms with Gasteiger partial charge in [-0.3, -0.25) is 19.5 Å². The molecule has 1 amide bonds. The number of pyridine rings is 1. The van der Waals surface area contributed by atoms with Gasteiger partial charge in [0.15, 0.2) is 16.6 Å². The highest BCUT2D eigenvalue weighted by Crippen LogP contribution is 2.44. The number of aliphatic hydroxyl groups is 1. The van der Waals surface area contributed by atoms with Crippen molar-refractivity contribution < 1.29 is 24.2 Å². The van der Waals surface area contributed by atoms with Gasteiger partial charge in [0.2, 0.25) is 0 Å². The lowest BCUT2D eigenvalue weighted by Crippen LogP contribution is -2.29. The van der Waals surface area contributed by atoms with Gasteiger partial charge in [-0.25, -0.2) is 4.98 Å². The van der Waals surface area contributed by atoms with Crippen LogP contribution in [0, 0.1) is 0 Å². The van der Waals surface area contributed by atoms with E-state index in [1.165, 1.54) is 28.6 Å². The zero-order chi connectivity index (χ0) is 23.4. The summed E-state index contributed by atoms with van der Waals surface area (Å²) in [5, 5.41) is 13.1. The molecule has 1 fully saturated rings. The molecule has 33 heavy (non-hydrogen) atoms. The normalized spacial score (nSPS) is 17.2. The zero-order valence-electron chi connectivity index (χ0n) is 17.8. The minimum Gasteiger partial charge on any atom is -0.507 e. The maximum absolute atomic E-state index is 13.1. The number of aromatic nitrogens is 2. The van der Waals surface area contributed by atoms with Crippen LogP contribution in [-0.4, -0.2) is 40.0 Å². The summed E-state index contributed by atoms with van der Waals surface area (Å²) < 4.78 is 11.4. The molecule has 0 spiro atoms. The van der Waals surface area contributed by atoms with Crippen molar-refractivity contribution >= 4 is 33.9 Å². The molecule has 4 rings (SSSR count). The van der Waals surface area contributed by atoms with Crippen molar-refractivity contribution in [1.29, 1.82) is 0 Å². The lowest BCUT2D eigenvalue weighted by atomic mass is 9.95. The molecule has 1 N–H and O–H groups in total. The summed E-state index contributed by atoms with van der Waals surface area (Å²) in [5.41, 5.74) is 0.904. The first-order valence-corrected chi connectivity index (χ1v) is 11.1. The molecular weight excluding hydrogens is 442 g/mol. The Morgan fingerprint density at radius 1 is 1.18 bits per heavy atom. The molecule has 8 nitrogen and oxygen atoms in total. The summed E-state index contributed by atoms with van der Waals surface area (Å²) >= 11 is 1.22. The Kier molecular flexibility index (Phi) is 6.50. The predicted molar refractivity (Wildman–Crippen MR) is 124 cm³/mol. The average molecular weight is 464 g/mol. The van der Waals surface area contributed by atoms with E-state index in [2.05, 4.69) is 16.5 Å². The van der Waals surface area contributed by atoms with Crippen LogP contribution in [0.25, 0.3) is 5.76 Å². The van der Waals surface area contributed by atoms with Crippen molar-refractivity contribution in [2.45, 2.75) is 13.0 Å². The van der Waals surface area contributed by atoms with E-state index in [9.17, 15) is 14.7 Å². The molecule has 1 unspecified atom stereocenters. The fourth-order valence-electron chi connectivity index (χ4n) is 3.58. The van der Waals surface area contributed by atoms with E-state index < -0.39 is 17.7 Å². The fraction of sp³-hybridized carbons (Fsp3) is 0.167. The summed E-state index contributed by atoms with van der Waals surface area (Å²) in [6, 6.07) is 7.38. The van der Waals surface area contributed by atoms with E-state index in [0.29, 0.717) is 41.0 Å². The maximum atomic E-state index is 13.1. The van der Waals surface area contributed by atoms with Crippen LogP contribution in [0.4, 0.5) is 5.13 Å². The van der Waals surface area contributed by atoms with Crippen molar-refractivity contribution in [2.75, 3.05) is 18.1 Å². The number of Topliss-reactive ketones (excluding diaryl/α,β-unsaturated/α-hetero) is 1. The smallest absolute Gasteiger partial charge is 0.301 e. The number of hydrogen-bond donors (Lipinski definition) is 1. The monoisotopic (exact) mass is 463 g/mol. The molecule has 3 aromatic rings. The summed E-state index contributed by atoms with van der Waals surface area (Å²) in [7, 11) is 0. The second-order valence-corrected chi connectivity index (χ2v) is 7.83. The number of nitrogens with zero attached hydrogens (tertiary/aromatic N) is 3. The van der Waals surface area contributed by atoms with Crippen molar-refractivity contribution in [3.05, 3.63) is 83.7 Å². The molecule has 0 bridgehead atoms. The second kappa shape index (κ2) is 9.66. The van der Waals surface area contributed by atoms with Crippen LogP contribution in [0.3, 0.4) is 0 Å². The fourth-order valence-corrected chi connectivity index (χ4v) is 4.24. The SMILES string of the molecule is C=CCOc1ccc(C2/C(=C(\O)c3ccncc3)C(=O)C(=O)N2c2nccs2)cc1OCC. The number of carbonyl (C=O) groups is 2. The van der Waals surface area contributed by atoms with Crippen LogP contribution in [0.2, 0.25) is 0 Å². The summed E-state index contributed by atoms with van der Waals surface area (Å²) in [4.78, 5) is 35.7. The van der Waals surface area contributed by atoms with Crippen LogP contribution in [-0.2, 0) is 9.59 Å². The number of ketones is 1. The standard InChI is InChI=1S/C24H21N3O5S/c1-3-12-32-17-6-5-16(14-18(17)31-4-2)20-19(21(28)15-7-9-25-10-8-15)22(29)23(30)27(20)24-26-11-13-33-24/h3,5-11,13-14,20,28H,1,4,12H2,2H3/b21-19+. The van der Waals surface area contributed by atoms with E-state index in [4.69, 9.17) is 9.47 Å². The highest BCUT2D eigenvalue weighted by atomic mass is 32.1. The molecule has 0 radical (unpaired) electrons. The van der Waals surface area contributed by atoms with E-state index >= 15 is 0 Å². The molecule has 2 aromatic heterocycles. The number of anilines is 1. The quantitative estimate of drug-likeness (QED) is 0.232. The van der Waals surface area contributed by atoms with Crippen LogP contribution in [0.5, 0.6) is 11.5 Å². The molecule has 9 heteroatoms. The topological polar surface area (TPSA) is 102 Å². The van der Waals surface area contributed by atoms with Crippen molar-refractivity contribution in [3.63, 3.8) is 0 Å². The first kappa shape index (κ1) is 22.2. The Morgan fingerprint density at radius 3 is 2.64 bits per heavy atom. The summed E-state index contributed by atoms with van der Waals surface area (Å²) in [6.07, 6.45) is 6.17. The molecule has 168 valence electrons. The molecule has 0 saturated carbocycles. The van der Waals surface area contributed by atoms with Gasteiger partial charge in [0.05, 0.1) is 18.2 Å². The Bertz CT molecular complexity index is 1210. The maximum Gasteiger partial charge on any atom is 0.301 e. The second-order valence-electron chi connectivity index (χ2n) is 6.96. The van der Waals surface area contributed by atoms with Gasteiger partial charge < -0.3 is 14.6 Å². The Morgan fingerprint density at radius 2 is 1.97 bits per heavy atom. The highest BCUT2D eigenvalue weighted by Gasteiger charge is 2.48. The van der Waals surface area contributed by atoms with Crippen LogP contribution < -0.4 is 14.4 Å². The summed E-state index contributed by atoms with van der Waals surface area (Å²) in [6.45, 7) is 6.17. The molecule has 3 heterocycles. The molecule has 0 aliphatic carbocycles. The molecular formula is C24H21N3O5S. The third kappa shape index (κ3) is 4.22. The first-order chi connectivity index (χ1) is 16.1. The lowest BCUT2D eigenvalue weighted by Gasteiger charge is -2.24. The highest BCUT2D eigenvalue weighted by molar-refractivity contribution is 7.14. The van der Waals surface area contributed by atoms with Crippen LogP contribution in [0.15, 0.2) is 72.5 Å². The van der Waals surface area contributed by atoms with Crippen molar-refractivity contribution in [1.82, 2.24) is 9.97 Å². The van der Waals surface area contributed by atoms with Crippen molar-refractivity contribution in [3.8, 4) is 11.5 Å². The number of rotatable bonds is 8. The zero-order valence-corrected chi connectivity index (χ0v) is 18.6. The van der Waals surface area contributed by atoms with Gasteiger partial charge in [-0.15, -0.1) is 11.3 Å².